The summed E-state index contributed by atoms with van der Waals surface area (Å²) in [5.41, 5.74) is 3.34. The van der Waals surface area contributed by atoms with Gasteiger partial charge in [0.1, 0.15) is 5.69 Å². The van der Waals surface area contributed by atoms with E-state index in [1.165, 1.54) is 0 Å². The number of esters is 1. The molecule has 0 unspecified atom stereocenters. The van der Waals surface area contributed by atoms with Crippen LogP contribution in [0.15, 0.2) is 47.3 Å². The molecule has 0 fully saturated rings. The molecule has 0 bridgehead atoms. The minimum Gasteiger partial charge on any atom is -0.454 e. The Morgan fingerprint density at radius 3 is 2.34 bits per heavy atom. The van der Waals surface area contributed by atoms with Gasteiger partial charge in [-0.3, -0.25) is 9.59 Å². The molecule has 1 aromatic heterocycles. The van der Waals surface area contributed by atoms with Crippen LogP contribution in [0.4, 0.5) is 0 Å². The van der Waals surface area contributed by atoms with Crippen molar-refractivity contribution in [1.29, 1.82) is 0 Å². The Bertz CT molecular complexity index is 1130. The second kappa shape index (κ2) is 8.39. The van der Waals surface area contributed by atoms with E-state index in [9.17, 15) is 14.4 Å². The van der Waals surface area contributed by atoms with Crippen LogP contribution in [-0.2, 0) is 11.3 Å². The molecular weight excluding hydrogens is 368 g/mol. The van der Waals surface area contributed by atoms with Crippen LogP contribution >= 0.6 is 0 Å². The Hall–Kier alpha value is -3.28. The Morgan fingerprint density at radius 1 is 1.07 bits per heavy atom. The number of ketones is 1. The average molecular weight is 392 g/mol. The van der Waals surface area contributed by atoms with Crippen molar-refractivity contribution in [2.24, 2.45) is 0 Å². The third-order valence-electron chi connectivity index (χ3n) is 4.89. The SMILES string of the molecule is CCn1c(=O)c(C)nc2cc(C(=O)OCC(=O)c3ccc(C(C)C)cc3)ccc21. The number of hydrogen-bond donors (Lipinski definition) is 0. The number of nitrogens with zero attached hydrogens (tertiary/aromatic N) is 2. The molecule has 6 heteroatoms. The summed E-state index contributed by atoms with van der Waals surface area (Å²) in [6.07, 6.45) is 0. The first-order valence-electron chi connectivity index (χ1n) is 9.63. The third-order valence-corrected chi connectivity index (χ3v) is 4.89. The molecule has 0 amide bonds. The van der Waals surface area contributed by atoms with Crippen LogP contribution in [-0.4, -0.2) is 27.9 Å². The molecule has 0 saturated carbocycles. The lowest BCUT2D eigenvalue weighted by molar-refractivity contribution is 0.0475. The summed E-state index contributed by atoms with van der Waals surface area (Å²) in [7, 11) is 0. The van der Waals surface area contributed by atoms with Crippen molar-refractivity contribution in [3.63, 3.8) is 0 Å². The minimum atomic E-state index is -0.604. The fourth-order valence-electron chi connectivity index (χ4n) is 3.17. The van der Waals surface area contributed by atoms with E-state index < -0.39 is 5.97 Å². The number of aromatic nitrogens is 2. The van der Waals surface area contributed by atoms with Crippen molar-refractivity contribution in [1.82, 2.24) is 9.55 Å². The van der Waals surface area contributed by atoms with Crippen molar-refractivity contribution >= 4 is 22.8 Å². The van der Waals surface area contributed by atoms with E-state index in [1.807, 2.05) is 19.1 Å². The number of carbonyl (C=O) groups excluding carboxylic acids is 2. The standard InChI is InChI=1S/C23H24N2O4/c1-5-25-20-11-10-18(12-19(20)24-15(4)22(25)27)23(28)29-13-21(26)17-8-6-16(7-9-17)14(2)3/h6-12,14H,5,13H2,1-4H3. The fourth-order valence-corrected chi connectivity index (χ4v) is 3.17. The number of hydrogen-bond acceptors (Lipinski definition) is 5. The summed E-state index contributed by atoms with van der Waals surface area (Å²) in [5.74, 6) is -0.484. The summed E-state index contributed by atoms with van der Waals surface area (Å²) in [6, 6.07) is 12.1. The third kappa shape index (κ3) is 4.26. The molecule has 3 rings (SSSR count). The van der Waals surface area contributed by atoms with Gasteiger partial charge in [0.05, 0.1) is 16.6 Å². The van der Waals surface area contributed by atoms with Gasteiger partial charge in [0.25, 0.3) is 5.56 Å². The van der Waals surface area contributed by atoms with Crippen LogP contribution in [0.25, 0.3) is 11.0 Å². The topological polar surface area (TPSA) is 78.3 Å². The fraction of sp³-hybridized carbons (Fsp3) is 0.304. The molecule has 0 aliphatic rings. The summed E-state index contributed by atoms with van der Waals surface area (Å²) in [5, 5.41) is 0. The molecular formula is C23H24N2O4. The van der Waals surface area contributed by atoms with Crippen LogP contribution < -0.4 is 5.56 Å². The molecule has 3 aromatic rings. The van der Waals surface area contributed by atoms with Crippen molar-refractivity contribution in [3.05, 3.63) is 75.2 Å². The Kier molecular flexibility index (Phi) is 5.92. The molecule has 0 spiro atoms. The Balaban J connectivity index is 1.75. The van der Waals surface area contributed by atoms with Gasteiger partial charge in [-0.05, 0) is 43.5 Å². The highest BCUT2D eigenvalue weighted by Gasteiger charge is 2.15. The number of carbonyl (C=O) groups is 2. The maximum absolute atomic E-state index is 12.4. The van der Waals surface area contributed by atoms with Gasteiger partial charge in [0.15, 0.2) is 12.4 Å². The average Bonchev–Trinajstić information content (AvgIpc) is 2.72. The molecule has 6 nitrogen and oxygen atoms in total. The first-order chi connectivity index (χ1) is 13.8. The maximum atomic E-state index is 12.4. The number of rotatable bonds is 6. The lowest BCUT2D eigenvalue weighted by atomic mass is 10.0. The monoisotopic (exact) mass is 392 g/mol. The van der Waals surface area contributed by atoms with Gasteiger partial charge >= 0.3 is 5.97 Å². The molecule has 0 N–H and O–H groups in total. The number of benzene rings is 2. The van der Waals surface area contributed by atoms with Crippen molar-refractivity contribution in [3.8, 4) is 0 Å². The highest BCUT2D eigenvalue weighted by atomic mass is 16.5. The molecule has 150 valence electrons. The molecule has 0 saturated heterocycles. The van der Waals surface area contributed by atoms with Crippen LogP contribution in [0, 0.1) is 6.92 Å². The molecule has 2 aromatic carbocycles. The predicted molar refractivity (Wildman–Crippen MR) is 112 cm³/mol. The highest BCUT2D eigenvalue weighted by Crippen LogP contribution is 2.16. The Labute approximate surface area is 169 Å². The molecule has 29 heavy (non-hydrogen) atoms. The van der Waals surface area contributed by atoms with Gasteiger partial charge in [-0.25, -0.2) is 9.78 Å². The lowest BCUT2D eigenvalue weighted by Crippen LogP contribution is -2.23. The largest absolute Gasteiger partial charge is 0.454 e. The van der Waals surface area contributed by atoms with Crippen molar-refractivity contribution in [2.45, 2.75) is 40.2 Å². The zero-order valence-corrected chi connectivity index (χ0v) is 17.1. The zero-order chi connectivity index (χ0) is 21.1. The minimum absolute atomic E-state index is 0.149. The summed E-state index contributed by atoms with van der Waals surface area (Å²) in [4.78, 5) is 41.2. The van der Waals surface area contributed by atoms with E-state index in [-0.39, 0.29) is 23.5 Å². The van der Waals surface area contributed by atoms with Gasteiger partial charge < -0.3 is 9.30 Å². The Morgan fingerprint density at radius 2 is 1.72 bits per heavy atom. The van der Waals surface area contributed by atoms with Crippen molar-refractivity contribution < 1.29 is 14.3 Å². The van der Waals surface area contributed by atoms with Gasteiger partial charge in [-0.2, -0.15) is 0 Å². The van der Waals surface area contributed by atoms with Gasteiger partial charge in [0.2, 0.25) is 0 Å². The maximum Gasteiger partial charge on any atom is 0.338 e. The van der Waals surface area contributed by atoms with Crippen LogP contribution in [0.2, 0.25) is 0 Å². The predicted octanol–water partition coefficient (Wildman–Crippen LogP) is 3.89. The van der Waals surface area contributed by atoms with Crippen molar-refractivity contribution in [2.75, 3.05) is 6.61 Å². The van der Waals surface area contributed by atoms with E-state index in [0.29, 0.717) is 34.8 Å². The molecule has 0 aliphatic carbocycles. The molecule has 0 radical (unpaired) electrons. The number of ether oxygens (including phenoxy) is 1. The second-order valence-electron chi connectivity index (χ2n) is 7.23. The first kappa shape index (κ1) is 20.5. The van der Waals surface area contributed by atoms with E-state index in [1.54, 1.807) is 41.8 Å². The smallest absolute Gasteiger partial charge is 0.338 e. The number of aryl methyl sites for hydroxylation is 2. The lowest BCUT2D eigenvalue weighted by Gasteiger charge is -2.10. The zero-order valence-electron chi connectivity index (χ0n) is 17.1. The molecule has 1 heterocycles. The number of fused-ring (bicyclic) bond motifs is 1. The van der Waals surface area contributed by atoms with Gasteiger partial charge in [-0.15, -0.1) is 0 Å². The van der Waals surface area contributed by atoms with Gasteiger partial charge in [0, 0.05) is 12.1 Å². The van der Waals surface area contributed by atoms with E-state index in [2.05, 4.69) is 18.8 Å². The quantitative estimate of drug-likeness (QED) is 0.470. The second-order valence-corrected chi connectivity index (χ2v) is 7.23. The molecule has 0 aliphatic heterocycles. The van der Waals surface area contributed by atoms with Crippen LogP contribution in [0.1, 0.15) is 58.7 Å². The van der Waals surface area contributed by atoms with E-state index >= 15 is 0 Å². The molecule has 0 atom stereocenters. The summed E-state index contributed by atoms with van der Waals surface area (Å²) < 4.78 is 6.80. The van der Waals surface area contributed by atoms with E-state index in [0.717, 1.165) is 5.56 Å². The summed E-state index contributed by atoms with van der Waals surface area (Å²) >= 11 is 0. The van der Waals surface area contributed by atoms with E-state index in [4.69, 9.17) is 4.74 Å². The summed E-state index contributed by atoms with van der Waals surface area (Å²) in [6.45, 7) is 7.85. The van der Waals surface area contributed by atoms with Gasteiger partial charge in [-0.1, -0.05) is 38.1 Å². The normalized spacial score (nSPS) is 11.1. The highest BCUT2D eigenvalue weighted by molar-refractivity contribution is 6.00. The van der Waals surface area contributed by atoms with Crippen LogP contribution in [0.3, 0.4) is 0 Å². The number of Topliss-reactive ketones (excluding diaryl/α,β-unsaturated/α-hetero) is 1. The first-order valence-corrected chi connectivity index (χ1v) is 9.63. The van der Waals surface area contributed by atoms with Crippen LogP contribution in [0.5, 0.6) is 0 Å².